The van der Waals surface area contributed by atoms with Crippen LogP contribution in [0.1, 0.15) is 11.3 Å². The molecule has 0 spiro atoms. The van der Waals surface area contributed by atoms with Crippen molar-refractivity contribution in [3.05, 3.63) is 46.9 Å². The third kappa shape index (κ3) is 3.11. The number of anilines is 1. The fourth-order valence-electron chi connectivity index (χ4n) is 1.42. The molecule has 1 heterocycles. The van der Waals surface area contributed by atoms with Crippen molar-refractivity contribution in [2.75, 3.05) is 12.4 Å². The Morgan fingerprint density at radius 2 is 2.11 bits per heavy atom. The maximum Gasteiger partial charge on any atom is 0.144 e. The molecule has 0 unspecified atom stereocenters. The van der Waals surface area contributed by atoms with Crippen LogP contribution in [0.3, 0.4) is 0 Å². The molecule has 0 fully saturated rings. The molecule has 94 valence electrons. The summed E-state index contributed by atoms with van der Waals surface area (Å²) in [6.07, 6.45) is 3.36. The highest BCUT2D eigenvalue weighted by Gasteiger charge is 2.01. The molecule has 0 radical (unpaired) electrons. The average Bonchev–Trinajstić information content (AvgIpc) is 2.41. The normalized spacial score (nSPS) is 10.2. The van der Waals surface area contributed by atoms with Crippen molar-refractivity contribution in [2.24, 2.45) is 0 Å². The quantitative estimate of drug-likeness (QED) is 0.921. The van der Waals surface area contributed by atoms with Crippen molar-refractivity contribution >= 4 is 17.4 Å². The molecule has 1 aromatic heterocycles. The molecule has 0 aliphatic heterocycles. The van der Waals surface area contributed by atoms with Crippen molar-refractivity contribution < 1.29 is 4.74 Å². The van der Waals surface area contributed by atoms with E-state index in [1.165, 1.54) is 0 Å². The van der Waals surface area contributed by atoms with Crippen molar-refractivity contribution in [3.63, 3.8) is 0 Å². The van der Waals surface area contributed by atoms with Gasteiger partial charge in [0.2, 0.25) is 0 Å². The molecule has 0 saturated heterocycles. The minimum Gasteiger partial charge on any atom is -0.487 e. The van der Waals surface area contributed by atoms with Gasteiger partial charge in [0.05, 0.1) is 18.1 Å². The molecule has 0 aliphatic carbocycles. The van der Waals surface area contributed by atoms with Gasteiger partial charge in [-0.3, -0.25) is 4.98 Å². The summed E-state index contributed by atoms with van der Waals surface area (Å²) >= 11 is 5.95. The maximum atomic E-state index is 5.95. The van der Waals surface area contributed by atoms with E-state index in [1.807, 2.05) is 25.1 Å². The molecular weight excluding hydrogens is 250 g/mol. The van der Waals surface area contributed by atoms with Gasteiger partial charge in [0.15, 0.2) is 0 Å². The number of aromatic nitrogens is 2. The molecule has 2 rings (SSSR count). The highest BCUT2D eigenvalue weighted by molar-refractivity contribution is 6.31. The van der Waals surface area contributed by atoms with E-state index in [0.29, 0.717) is 6.61 Å². The second kappa shape index (κ2) is 5.69. The molecule has 2 aromatic rings. The van der Waals surface area contributed by atoms with Gasteiger partial charge in [-0.25, -0.2) is 4.98 Å². The first-order valence-corrected chi connectivity index (χ1v) is 5.94. The second-order valence-corrected chi connectivity index (χ2v) is 4.25. The Hall–Kier alpha value is -1.81. The molecule has 0 saturated carbocycles. The van der Waals surface area contributed by atoms with E-state index in [-0.39, 0.29) is 0 Å². The first-order chi connectivity index (χ1) is 8.69. The molecule has 1 N–H and O–H groups in total. The zero-order valence-corrected chi connectivity index (χ0v) is 11.0. The minimum atomic E-state index is 0.387. The second-order valence-electron chi connectivity index (χ2n) is 3.84. The van der Waals surface area contributed by atoms with E-state index in [0.717, 1.165) is 27.8 Å². The standard InChI is InChI=1S/C13H14ClN3O/c1-9-5-11(3-4-12(9)14)18-8-10-6-17-13(15-2)7-16-10/h3-7H,8H2,1-2H3,(H,15,17). The molecule has 0 aliphatic rings. The van der Waals surface area contributed by atoms with Crippen LogP contribution >= 0.6 is 11.6 Å². The first-order valence-electron chi connectivity index (χ1n) is 5.56. The lowest BCUT2D eigenvalue weighted by Crippen LogP contribution is -2.01. The summed E-state index contributed by atoms with van der Waals surface area (Å²) in [6.45, 7) is 2.33. The van der Waals surface area contributed by atoms with Gasteiger partial charge >= 0.3 is 0 Å². The summed E-state index contributed by atoms with van der Waals surface area (Å²) < 4.78 is 5.62. The Kier molecular flexibility index (Phi) is 3.99. The fourth-order valence-corrected chi connectivity index (χ4v) is 1.54. The zero-order chi connectivity index (χ0) is 13.0. The van der Waals surface area contributed by atoms with Crippen LogP contribution in [-0.4, -0.2) is 17.0 Å². The molecule has 18 heavy (non-hydrogen) atoms. The Labute approximate surface area is 111 Å². The zero-order valence-electron chi connectivity index (χ0n) is 10.3. The predicted molar refractivity (Wildman–Crippen MR) is 72.1 cm³/mol. The summed E-state index contributed by atoms with van der Waals surface area (Å²) in [7, 11) is 1.80. The summed E-state index contributed by atoms with van der Waals surface area (Å²) in [5.74, 6) is 1.51. The van der Waals surface area contributed by atoms with Gasteiger partial charge in [0, 0.05) is 12.1 Å². The molecule has 4 nitrogen and oxygen atoms in total. The summed E-state index contributed by atoms with van der Waals surface area (Å²) in [5, 5.41) is 3.65. The SMILES string of the molecule is CNc1cnc(COc2ccc(Cl)c(C)c2)cn1. The molecule has 0 amide bonds. The summed E-state index contributed by atoms with van der Waals surface area (Å²) in [4.78, 5) is 8.39. The highest BCUT2D eigenvalue weighted by atomic mass is 35.5. The number of hydrogen-bond donors (Lipinski definition) is 1. The molecule has 1 aromatic carbocycles. The lowest BCUT2D eigenvalue weighted by atomic mass is 10.2. The van der Waals surface area contributed by atoms with Gasteiger partial charge in [0.1, 0.15) is 18.2 Å². The number of ether oxygens (including phenoxy) is 1. The number of benzene rings is 1. The summed E-state index contributed by atoms with van der Waals surface area (Å²) in [5.41, 5.74) is 1.77. The van der Waals surface area contributed by atoms with Crippen LogP contribution in [0.4, 0.5) is 5.82 Å². The van der Waals surface area contributed by atoms with Gasteiger partial charge in [-0.15, -0.1) is 0 Å². The smallest absolute Gasteiger partial charge is 0.144 e. The number of nitrogens with one attached hydrogen (secondary N) is 1. The number of nitrogens with zero attached hydrogens (tertiary/aromatic N) is 2. The van der Waals surface area contributed by atoms with Crippen molar-refractivity contribution in [3.8, 4) is 5.75 Å². The monoisotopic (exact) mass is 263 g/mol. The van der Waals surface area contributed by atoms with E-state index in [9.17, 15) is 0 Å². The highest BCUT2D eigenvalue weighted by Crippen LogP contribution is 2.21. The molecular formula is C13H14ClN3O. The topological polar surface area (TPSA) is 47.0 Å². The van der Waals surface area contributed by atoms with E-state index in [4.69, 9.17) is 16.3 Å². The number of rotatable bonds is 4. The lowest BCUT2D eigenvalue weighted by Gasteiger charge is -2.07. The van der Waals surface area contributed by atoms with Crippen LogP contribution in [0, 0.1) is 6.92 Å². The van der Waals surface area contributed by atoms with E-state index < -0.39 is 0 Å². The minimum absolute atomic E-state index is 0.387. The van der Waals surface area contributed by atoms with Crippen LogP contribution in [0.5, 0.6) is 5.75 Å². The third-order valence-electron chi connectivity index (χ3n) is 2.48. The largest absolute Gasteiger partial charge is 0.487 e. The van der Waals surface area contributed by atoms with Gasteiger partial charge in [-0.1, -0.05) is 11.6 Å². The van der Waals surface area contributed by atoms with E-state index >= 15 is 0 Å². The van der Waals surface area contributed by atoms with Crippen LogP contribution in [-0.2, 0) is 6.61 Å². The molecule has 0 atom stereocenters. The Morgan fingerprint density at radius 1 is 1.28 bits per heavy atom. The predicted octanol–water partition coefficient (Wildman–Crippen LogP) is 3.06. The van der Waals surface area contributed by atoms with Gasteiger partial charge in [0.25, 0.3) is 0 Å². The van der Waals surface area contributed by atoms with Gasteiger partial charge in [-0.05, 0) is 30.7 Å². The van der Waals surface area contributed by atoms with Crippen molar-refractivity contribution in [1.29, 1.82) is 0 Å². The summed E-state index contributed by atoms with van der Waals surface area (Å²) in [6, 6.07) is 5.56. The van der Waals surface area contributed by atoms with Gasteiger partial charge in [-0.2, -0.15) is 0 Å². The lowest BCUT2D eigenvalue weighted by molar-refractivity contribution is 0.300. The van der Waals surface area contributed by atoms with Gasteiger partial charge < -0.3 is 10.1 Å². The van der Waals surface area contributed by atoms with Crippen LogP contribution < -0.4 is 10.1 Å². The Bertz CT molecular complexity index is 528. The molecule has 0 bridgehead atoms. The fraction of sp³-hybridized carbons (Fsp3) is 0.231. The molecule has 5 heteroatoms. The van der Waals surface area contributed by atoms with Crippen LogP contribution in [0.15, 0.2) is 30.6 Å². The average molecular weight is 264 g/mol. The number of halogens is 1. The Morgan fingerprint density at radius 3 is 2.72 bits per heavy atom. The van der Waals surface area contributed by atoms with Crippen molar-refractivity contribution in [1.82, 2.24) is 9.97 Å². The first kappa shape index (κ1) is 12.6. The number of hydrogen-bond acceptors (Lipinski definition) is 4. The van der Waals surface area contributed by atoms with Crippen LogP contribution in [0.25, 0.3) is 0 Å². The maximum absolute atomic E-state index is 5.95. The van der Waals surface area contributed by atoms with Crippen LogP contribution in [0.2, 0.25) is 5.02 Å². The van der Waals surface area contributed by atoms with E-state index in [2.05, 4.69) is 15.3 Å². The third-order valence-corrected chi connectivity index (χ3v) is 2.90. The number of aryl methyl sites for hydroxylation is 1. The van der Waals surface area contributed by atoms with Crippen molar-refractivity contribution in [2.45, 2.75) is 13.5 Å². The Balaban J connectivity index is 1.99. The van der Waals surface area contributed by atoms with E-state index in [1.54, 1.807) is 19.4 Å².